The van der Waals surface area contributed by atoms with Crippen LogP contribution in [0.15, 0.2) is 41.3 Å². The van der Waals surface area contributed by atoms with Crippen molar-refractivity contribution in [3.8, 4) is 5.75 Å². The lowest BCUT2D eigenvalue weighted by Gasteiger charge is -2.29. The Hall–Kier alpha value is -2.60. The summed E-state index contributed by atoms with van der Waals surface area (Å²) in [5, 5.41) is 0.521. The fourth-order valence-corrected chi connectivity index (χ4v) is 7.15. The van der Waals surface area contributed by atoms with Gasteiger partial charge in [0.05, 0.1) is 16.7 Å². The van der Waals surface area contributed by atoms with Crippen LogP contribution in [0.5, 0.6) is 5.75 Å². The molecular formula is C25H31FN4O4S2. The van der Waals surface area contributed by atoms with Gasteiger partial charge < -0.3 is 9.64 Å². The average molecular weight is 535 g/mol. The van der Waals surface area contributed by atoms with Gasteiger partial charge in [-0.05, 0) is 82.7 Å². The summed E-state index contributed by atoms with van der Waals surface area (Å²) in [6.07, 6.45) is 1.67. The monoisotopic (exact) mass is 534 g/mol. The second kappa shape index (κ2) is 10.8. The zero-order chi connectivity index (χ0) is 26.0. The fourth-order valence-electron chi connectivity index (χ4n) is 4.42. The van der Waals surface area contributed by atoms with Crippen LogP contribution in [0.25, 0.3) is 10.2 Å². The summed E-state index contributed by atoms with van der Waals surface area (Å²) in [5.74, 6) is -0.190. The maximum atomic E-state index is 14.0. The van der Waals surface area contributed by atoms with E-state index in [9.17, 15) is 17.6 Å². The molecule has 0 aliphatic carbocycles. The summed E-state index contributed by atoms with van der Waals surface area (Å²) in [6, 6.07) is 7.66. The molecule has 1 unspecified atom stereocenters. The van der Waals surface area contributed by atoms with Gasteiger partial charge in [-0.1, -0.05) is 17.4 Å². The Kier molecular flexibility index (Phi) is 7.93. The number of anilines is 1. The fraction of sp³-hybridized carbons (Fsp3) is 0.440. The average Bonchev–Trinajstić information content (AvgIpc) is 3.51. The third-order valence-corrected chi connectivity index (χ3v) is 9.44. The largest absolute Gasteiger partial charge is 0.494 e. The van der Waals surface area contributed by atoms with Gasteiger partial charge in [-0.25, -0.2) is 17.8 Å². The zero-order valence-corrected chi connectivity index (χ0v) is 22.5. The molecule has 2 aromatic carbocycles. The summed E-state index contributed by atoms with van der Waals surface area (Å²) in [7, 11) is 1.54. The Morgan fingerprint density at radius 1 is 1.19 bits per heavy atom. The minimum Gasteiger partial charge on any atom is -0.494 e. The number of thiazole rings is 1. The molecule has 4 rings (SSSR count). The number of halogens is 1. The van der Waals surface area contributed by atoms with Crippen LogP contribution in [-0.2, 0) is 14.8 Å². The lowest BCUT2D eigenvalue weighted by Crippen LogP contribution is -2.48. The molecule has 2 heterocycles. The standard InChI is InChI=1S/C25H31FN4O4S2/c1-17-8-13-21(34-4)22-23(17)35-25(27-22)29(15-6-14-28(2)3)24(31)20-7-5-16-30(20)36(32,33)19-11-9-18(26)10-12-19/h8-13,20H,5-7,14-16H2,1-4H3. The third-order valence-electron chi connectivity index (χ3n) is 6.31. The summed E-state index contributed by atoms with van der Waals surface area (Å²) in [4.78, 5) is 22.4. The van der Waals surface area contributed by atoms with E-state index in [1.54, 1.807) is 12.0 Å². The Labute approximate surface area is 215 Å². The van der Waals surface area contributed by atoms with Crippen LogP contribution in [0.3, 0.4) is 0 Å². The number of hydrogen-bond acceptors (Lipinski definition) is 7. The minimum atomic E-state index is -3.97. The number of methoxy groups -OCH3 is 1. The highest BCUT2D eigenvalue weighted by atomic mass is 32.2. The van der Waals surface area contributed by atoms with Gasteiger partial charge in [0.2, 0.25) is 15.9 Å². The van der Waals surface area contributed by atoms with Crippen LogP contribution in [0.4, 0.5) is 9.52 Å². The van der Waals surface area contributed by atoms with Gasteiger partial charge in [0.1, 0.15) is 23.1 Å². The van der Waals surface area contributed by atoms with Crippen LogP contribution >= 0.6 is 11.3 Å². The maximum Gasteiger partial charge on any atom is 0.247 e. The molecule has 1 aliphatic rings. The molecule has 8 nitrogen and oxygen atoms in total. The number of nitrogens with zero attached hydrogens (tertiary/aromatic N) is 4. The molecule has 0 saturated carbocycles. The molecular weight excluding hydrogens is 503 g/mol. The first-order valence-corrected chi connectivity index (χ1v) is 14.1. The Balaban J connectivity index is 1.70. The molecule has 1 saturated heterocycles. The van der Waals surface area contributed by atoms with Crippen LogP contribution in [0, 0.1) is 12.7 Å². The van der Waals surface area contributed by atoms with Crippen molar-refractivity contribution in [3.05, 3.63) is 47.8 Å². The number of amides is 1. The van der Waals surface area contributed by atoms with E-state index in [0.717, 1.165) is 28.9 Å². The number of fused-ring (bicyclic) bond motifs is 1. The van der Waals surface area contributed by atoms with E-state index in [1.807, 2.05) is 38.1 Å². The lowest BCUT2D eigenvalue weighted by atomic mass is 10.2. The van der Waals surface area contributed by atoms with Crippen molar-refractivity contribution < 1.29 is 22.3 Å². The zero-order valence-electron chi connectivity index (χ0n) is 20.9. The van der Waals surface area contributed by atoms with Gasteiger partial charge in [0.25, 0.3) is 0 Å². The topological polar surface area (TPSA) is 83.0 Å². The first-order chi connectivity index (χ1) is 17.1. The summed E-state index contributed by atoms with van der Waals surface area (Å²) < 4.78 is 47.9. The highest BCUT2D eigenvalue weighted by molar-refractivity contribution is 7.89. The number of aromatic nitrogens is 1. The molecule has 0 bridgehead atoms. The van der Waals surface area contributed by atoms with Crippen molar-refractivity contribution in [1.29, 1.82) is 0 Å². The Morgan fingerprint density at radius 2 is 1.92 bits per heavy atom. The van der Waals surface area contributed by atoms with E-state index >= 15 is 0 Å². The molecule has 11 heteroatoms. The predicted octanol–water partition coefficient (Wildman–Crippen LogP) is 3.89. The summed E-state index contributed by atoms with van der Waals surface area (Å²) in [5.41, 5.74) is 1.71. The highest BCUT2D eigenvalue weighted by Crippen LogP contribution is 2.37. The second-order valence-corrected chi connectivity index (χ2v) is 12.0. The molecule has 0 spiro atoms. The highest BCUT2D eigenvalue weighted by Gasteiger charge is 2.42. The van der Waals surface area contributed by atoms with Crippen molar-refractivity contribution in [2.75, 3.05) is 45.7 Å². The van der Waals surface area contributed by atoms with Crippen LogP contribution in [0.1, 0.15) is 24.8 Å². The first kappa shape index (κ1) is 26.5. The van der Waals surface area contributed by atoms with Crippen LogP contribution in [-0.4, -0.2) is 75.4 Å². The molecule has 36 heavy (non-hydrogen) atoms. The summed E-state index contributed by atoms with van der Waals surface area (Å²) in [6.45, 7) is 3.38. The third kappa shape index (κ3) is 5.24. The number of ether oxygens (including phenoxy) is 1. The predicted molar refractivity (Wildman–Crippen MR) is 140 cm³/mol. The number of carbonyl (C=O) groups excluding carboxylic acids is 1. The number of hydrogen-bond donors (Lipinski definition) is 0. The minimum absolute atomic E-state index is 0.0249. The second-order valence-electron chi connectivity index (χ2n) is 9.13. The van der Waals surface area contributed by atoms with Gasteiger partial charge in [0, 0.05) is 13.1 Å². The van der Waals surface area contributed by atoms with E-state index in [2.05, 4.69) is 0 Å². The van der Waals surface area contributed by atoms with Crippen LogP contribution < -0.4 is 9.64 Å². The van der Waals surface area contributed by atoms with E-state index in [-0.39, 0.29) is 17.3 Å². The molecule has 1 aliphatic heterocycles. The van der Waals surface area contributed by atoms with Gasteiger partial charge in [-0.2, -0.15) is 4.31 Å². The van der Waals surface area contributed by atoms with Crippen LogP contribution in [0.2, 0.25) is 0 Å². The molecule has 194 valence electrons. The van der Waals surface area contributed by atoms with Crippen molar-refractivity contribution in [3.63, 3.8) is 0 Å². The SMILES string of the molecule is COc1ccc(C)c2sc(N(CCCN(C)C)C(=O)C3CCCN3S(=O)(=O)c3ccc(F)cc3)nc12. The number of rotatable bonds is 9. The Bertz CT molecular complexity index is 1340. The van der Waals surface area contributed by atoms with Gasteiger partial charge in [0.15, 0.2) is 5.13 Å². The van der Waals surface area contributed by atoms with E-state index in [0.29, 0.717) is 42.2 Å². The molecule has 1 atom stereocenters. The van der Waals surface area contributed by atoms with Gasteiger partial charge in [-0.15, -0.1) is 0 Å². The summed E-state index contributed by atoms with van der Waals surface area (Å²) >= 11 is 1.40. The van der Waals surface area contributed by atoms with E-state index < -0.39 is 21.9 Å². The van der Waals surface area contributed by atoms with Crippen molar-refractivity contribution in [2.24, 2.45) is 0 Å². The molecule has 1 amide bonds. The van der Waals surface area contributed by atoms with Crippen molar-refractivity contribution in [1.82, 2.24) is 14.2 Å². The van der Waals surface area contributed by atoms with Crippen molar-refractivity contribution >= 4 is 42.6 Å². The molecule has 1 fully saturated rings. The normalized spacial score (nSPS) is 16.7. The van der Waals surface area contributed by atoms with E-state index in [4.69, 9.17) is 9.72 Å². The van der Waals surface area contributed by atoms with Gasteiger partial charge >= 0.3 is 0 Å². The quantitative estimate of drug-likeness (QED) is 0.414. The Morgan fingerprint density at radius 3 is 2.58 bits per heavy atom. The number of sulfonamides is 1. The lowest BCUT2D eigenvalue weighted by molar-refractivity contribution is -0.121. The van der Waals surface area contributed by atoms with E-state index in [1.165, 1.54) is 27.8 Å². The van der Waals surface area contributed by atoms with Gasteiger partial charge in [-0.3, -0.25) is 9.69 Å². The number of benzene rings is 2. The smallest absolute Gasteiger partial charge is 0.247 e. The molecule has 1 aromatic heterocycles. The molecule has 0 radical (unpaired) electrons. The number of aryl methyl sites for hydroxylation is 1. The van der Waals surface area contributed by atoms with Crippen molar-refractivity contribution in [2.45, 2.75) is 37.1 Å². The maximum absolute atomic E-state index is 14.0. The molecule has 0 N–H and O–H groups in total. The number of carbonyl (C=O) groups is 1. The first-order valence-electron chi connectivity index (χ1n) is 11.8. The molecule has 3 aromatic rings.